The van der Waals surface area contributed by atoms with E-state index in [2.05, 4.69) is 0 Å². The van der Waals surface area contributed by atoms with Crippen LogP contribution in [-0.4, -0.2) is 50.8 Å². The summed E-state index contributed by atoms with van der Waals surface area (Å²) in [5.41, 5.74) is 0. The van der Waals surface area contributed by atoms with Crippen molar-refractivity contribution < 1.29 is 18.9 Å². The van der Waals surface area contributed by atoms with Crippen molar-refractivity contribution in [3.63, 3.8) is 0 Å². The fourth-order valence-corrected chi connectivity index (χ4v) is 7.32. The van der Waals surface area contributed by atoms with Crippen LogP contribution in [0.3, 0.4) is 0 Å². The van der Waals surface area contributed by atoms with E-state index in [1.54, 1.807) is 0 Å². The van der Waals surface area contributed by atoms with Gasteiger partial charge in [-0.1, -0.05) is 6.42 Å². The van der Waals surface area contributed by atoms with Crippen LogP contribution in [-0.2, 0) is 18.9 Å². The van der Waals surface area contributed by atoms with Crippen LogP contribution < -0.4 is 0 Å². The van der Waals surface area contributed by atoms with Gasteiger partial charge in [0, 0.05) is 26.4 Å². The molecule has 184 valence electrons. The Bertz CT molecular complexity index is 402. The summed E-state index contributed by atoms with van der Waals surface area (Å²) in [5.74, 6) is 3.85. The molecule has 5 heterocycles. The highest BCUT2D eigenvalue weighted by Crippen LogP contribution is 2.35. The van der Waals surface area contributed by atoms with E-state index in [0.717, 1.165) is 50.1 Å². The molecule has 0 aromatic carbocycles. The fourth-order valence-electron chi connectivity index (χ4n) is 7.32. The second-order valence-corrected chi connectivity index (χ2v) is 11.9. The number of ether oxygens (including phenoxy) is 4. The lowest BCUT2D eigenvalue weighted by atomic mass is 9.91. The first-order valence-corrected chi connectivity index (χ1v) is 14.3. The Morgan fingerprint density at radius 2 is 1.00 bits per heavy atom. The maximum absolute atomic E-state index is 5.60. The highest BCUT2D eigenvalue weighted by molar-refractivity contribution is 4.81. The van der Waals surface area contributed by atoms with Gasteiger partial charge in [-0.3, -0.25) is 0 Å². The maximum Gasteiger partial charge on any atom is 0.0579 e. The third-order valence-corrected chi connectivity index (χ3v) is 9.28. The molecule has 3 saturated carbocycles. The first-order chi connectivity index (χ1) is 15.8. The van der Waals surface area contributed by atoms with Gasteiger partial charge in [-0.15, -0.1) is 0 Å². The van der Waals surface area contributed by atoms with Crippen molar-refractivity contribution in [3.8, 4) is 0 Å². The van der Waals surface area contributed by atoms with Crippen LogP contribution in [0, 0.1) is 23.7 Å². The minimum Gasteiger partial charge on any atom is -0.381 e. The van der Waals surface area contributed by atoms with Crippen LogP contribution in [0.15, 0.2) is 0 Å². The number of fused-ring (bicyclic) bond motifs is 8. The number of hydrogen-bond donors (Lipinski definition) is 0. The molecule has 0 N–H and O–H groups in total. The summed E-state index contributed by atoms with van der Waals surface area (Å²) in [6.07, 6.45) is 24.7. The van der Waals surface area contributed by atoms with Crippen LogP contribution in [0.2, 0.25) is 0 Å². The summed E-state index contributed by atoms with van der Waals surface area (Å²) in [4.78, 5) is 0. The van der Waals surface area contributed by atoms with E-state index < -0.39 is 0 Å². The highest BCUT2D eigenvalue weighted by atomic mass is 16.5. The Hall–Kier alpha value is -0.160. The Labute approximate surface area is 196 Å². The van der Waals surface area contributed by atoms with Gasteiger partial charge in [-0.25, -0.2) is 0 Å². The largest absolute Gasteiger partial charge is 0.381 e. The summed E-state index contributed by atoms with van der Waals surface area (Å²) < 4.78 is 21.9. The van der Waals surface area contributed by atoms with Crippen molar-refractivity contribution in [2.24, 2.45) is 23.7 Å². The second kappa shape index (κ2) is 12.0. The molecule has 0 amide bonds. The normalized spacial score (nSPS) is 45.0. The molecule has 8 rings (SSSR count). The minimum absolute atomic E-state index is 0.661. The quantitative estimate of drug-likeness (QED) is 0.436. The molecule has 4 nitrogen and oxygen atoms in total. The fraction of sp³-hybridized carbons (Fsp3) is 1.00. The summed E-state index contributed by atoms with van der Waals surface area (Å²) in [5, 5.41) is 0. The zero-order chi connectivity index (χ0) is 21.6. The smallest absolute Gasteiger partial charge is 0.0579 e. The Kier molecular flexibility index (Phi) is 8.84. The van der Waals surface area contributed by atoms with E-state index in [1.807, 2.05) is 0 Å². The Balaban J connectivity index is 0.0000000900. The summed E-state index contributed by atoms with van der Waals surface area (Å²) in [6, 6.07) is 0. The minimum atomic E-state index is 0.661. The van der Waals surface area contributed by atoms with E-state index in [1.165, 1.54) is 103 Å². The van der Waals surface area contributed by atoms with Crippen LogP contribution in [0.5, 0.6) is 0 Å². The predicted molar refractivity (Wildman–Crippen MR) is 127 cm³/mol. The SMILES string of the molecule is C1CC2CCC(C1)O2.C1CC2CCC(C2)O1.C1CC2COC(C1)C2.C1CC2COCC1C2. The molecule has 0 radical (unpaired) electrons. The van der Waals surface area contributed by atoms with E-state index in [4.69, 9.17) is 18.9 Å². The van der Waals surface area contributed by atoms with E-state index in [9.17, 15) is 0 Å². The van der Waals surface area contributed by atoms with E-state index in [0.29, 0.717) is 24.4 Å². The predicted octanol–water partition coefficient (Wildman–Crippen LogP) is 6.30. The molecule has 0 aromatic rings. The second-order valence-electron chi connectivity index (χ2n) is 11.9. The molecule has 8 bridgehead atoms. The molecule has 3 aliphatic carbocycles. The van der Waals surface area contributed by atoms with Crippen molar-refractivity contribution in [2.75, 3.05) is 26.4 Å². The first-order valence-electron chi connectivity index (χ1n) is 14.3. The van der Waals surface area contributed by atoms with Gasteiger partial charge in [0.1, 0.15) is 0 Å². The number of rotatable bonds is 0. The Morgan fingerprint density at radius 1 is 0.406 bits per heavy atom. The van der Waals surface area contributed by atoms with Gasteiger partial charge in [0.15, 0.2) is 0 Å². The van der Waals surface area contributed by atoms with Gasteiger partial charge in [0.05, 0.1) is 24.4 Å². The molecule has 8 unspecified atom stereocenters. The molecule has 5 saturated heterocycles. The average Bonchev–Trinajstić information content (AvgIpc) is 3.56. The lowest BCUT2D eigenvalue weighted by Gasteiger charge is -2.18. The van der Waals surface area contributed by atoms with Crippen molar-refractivity contribution in [3.05, 3.63) is 0 Å². The summed E-state index contributed by atoms with van der Waals surface area (Å²) >= 11 is 0. The van der Waals surface area contributed by atoms with Gasteiger partial charge < -0.3 is 18.9 Å². The van der Waals surface area contributed by atoms with Crippen molar-refractivity contribution in [2.45, 2.75) is 127 Å². The average molecular weight is 449 g/mol. The number of hydrogen-bond acceptors (Lipinski definition) is 4. The Morgan fingerprint density at radius 3 is 1.62 bits per heavy atom. The lowest BCUT2D eigenvalue weighted by molar-refractivity contribution is 0.00574. The van der Waals surface area contributed by atoms with Crippen molar-refractivity contribution in [1.82, 2.24) is 0 Å². The molecule has 32 heavy (non-hydrogen) atoms. The van der Waals surface area contributed by atoms with Crippen LogP contribution in [0.25, 0.3) is 0 Å². The molecular formula is C28H48O4. The van der Waals surface area contributed by atoms with Gasteiger partial charge in [-0.05, 0) is 120 Å². The molecule has 0 aromatic heterocycles. The van der Waals surface area contributed by atoms with Crippen molar-refractivity contribution in [1.29, 1.82) is 0 Å². The topological polar surface area (TPSA) is 36.9 Å². The van der Waals surface area contributed by atoms with Gasteiger partial charge in [-0.2, -0.15) is 0 Å². The molecule has 0 spiro atoms. The highest BCUT2D eigenvalue weighted by Gasteiger charge is 2.30. The zero-order valence-electron chi connectivity index (χ0n) is 20.4. The third kappa shape index (κ3) is 6.93. The van der Waals surface area contributed by atoms with Crippen LogP contribution >= 0.6 is 0 Å². The van der Waals surface area contributed by atoms with Gasteiger partial charge in [0.2, 0.25) is 0 Å². The molecular weight excluding hydrogens is 400 g/mol. The molecule has 8 fully saturated rings. The van der Waals surface area contributed by atoms with E-state index in [-0.39, 0.29) is 0 Å². The molecule has 8 aliphatic rings. The standard InChI is InChI=1S/4C7H12O/c1-2-7-3-6(1)4-8-5-7;1-2-7-5-6(1)3-4-8-7;1-2-6-4-7(3-1)8-5-6;1-2-6-4-5-7(3-1)8-6/h4*6-7H,1-5H2. The summed E-state index contributed by atoms with van der Waals surface area (Å²) in [6.45, 7) is 4.20. The summed E-state index contributed by atoms with van der Waals surface area (Å²) in [7, 11) is 0. The first kappa shape index (κ1) is 23.6. The monoisotopic (exact) mass is 448 g/mol. The molecule has 4 heteroatoms. The van der Waals surface area contributed by atoms with Crippen molar-refractivity contribution >= 4 is 0 Å². The molecule has 5 aliphatic heterocycles. The lowest BCUT2D eigenvalue weighted by Crippen LogP contribution is -2.16. The van der Waals surface area contributed by atoms with Crippen LogP contribution in [0.4, 0.5) is 0 Å². The van der Waals surface area contributed by atoms with E-state index >= 15 is 0 Å². The third-order valence-electron chi connectivity index (χ3n) is 9.28. The zero-order valence-corrected chi connectivity index (χ0v) is 20.4. The molecule has 8 atom stereocenters. The maximum atomic E-state index is 5.60. The van der Waals surface area contributed by atoms with Gasteiger partial charge in [0.25, 0.3) is 0 Å². The van der Waals surface area contributed by atoms with Gasteiger partial charge >= 0.3 is 0 Å². The van der Waals surface area contributed by atoms with Crippen LogP contribution in [0.1, 0.15) is 103 Å².